The molecule has 0 aliphatic carbocycles. The molecule has 0 bridgehead atoms. The van der Waals surface area contributed by atoms with E-state index in [2.05, 4.69) is 0 Å². The van der Waals surface area contributed by atoms with Gasteiger partial charge in [-0.15, -0.1) is 23.1 Å². The van der Waals surface area contributed by atoms with E-state index in [0.717, 1.165) is 22.6 Å². The lowest BCUT2D eigenvalue weighted by molar-refractivity contribution is 0.0596. The van der Waals surface area contributed by atoms with Crippen LogP contribution >= 0.6 is 23.1 Å². The number of methoxy groups -OCH3 is 2. The molecule has 2 heterocycles. The summed E-state index contributed by atoms with van der Waals surface area (Å²) in [5, 5.41) is 0. The van der Waals surface area contributed by atoms with Gasteiger partial charge in [0.2, 0.25) is 6.79 Å². The lowest BCUT2D eigenvalue weighted by Gasteiger charge is -2.04. The van der Waals surface area contributed by atoms with Gasteiger partial charge in [-0.25, -0.2) is 9.59 Å². The molecule has 0 saturated heterocycles. The van der Waals surface area contributed by atoms with Crippen LogP contribution in [0.5, 0.6) is 11.5 Å². The van der Waals surface area contributed by atoms with Crippen molar-refractivity contribution in [1.29, 1.82) is 0 Å². The van der Waals surface area contributed by atoms with Crippen LogP contribution in [0.3, 0.4) is 0 Å². The molecule has 1 aromatic heterocycles. The molecule has 1 aliphatic heterocycles. The molecule has 0 radical (unpaired) electrons. The lowest BCUT2D eigenvalue weighted by Crippen LogP contribution is -1.99. The maximum absolute atomic E-state index is 11.9. The number of thiophene rings is 1. The number of thioether (sulfide) groups is 1. The average Bonchev–Trinajstić information content (AvgIpc) is 3.24. The fraction of sp³-hybridized carbons (Fsp3) is 0.250. The molecule has 8 heteroatoms. The van der Waals surface area contributed by atoms with Gasteiger partial charge in [0, 0.05) is 10.6 Å². The Bertz CT molecular complexity index is 783. The summed E-state index contributed by atoms with van der Waals surface area (Å²) in [5.41, 5.74) is 1.02. The minimum absolute atomic E-state index is 0.228. The van der Waals surface area contributed by atoms with Crippen molar-refractivity contribution < 1.29 is 28.5 Å². The second-order valence-electron chi connectivity index (χ2n) is 4.76. The third kappa shape index (κ3) is 3.34. The summed E-state index contributed by atoms with van der Waals surface area (Å²) >= 11 is 2.51. The Morgan fingerprint density at radius 1 is 1.12 bits per heavy atom. The van der Waals surface area contributed by atoms with Crippen LogP contribution in [0, 0.1) is 0 Å². The molecular weight excluding hydrogens is 352 g/mol. The van der Waals surface area contributed by atoms with E-state index in [1.165, 1.54) is 26.0 Å². The molecule has 2 aromatic rings. The fourth-order valence-electron chi connectivity index (χ4n) is 2.11. The van der Waals surface area contributed by atoms with Gasteiger partial charge in [-0.2, -0.15) is 0 Å². The van der Waals surface area contributed by atoms with Crippen LogP contribution in [0.2, 0.25) is 0 Å². The highest BCUT2D eigenvalue weighted by atomic mass is 32.2. The van der Waals surface area contributed by atoms with Gasteiger partial charge in [-0.1, -0.05) is 6.07 Å². The monoisotopic (exact) mass is 366 g/mol. The van der Waals surface area contributed by atoms with E-state index in [1.807, 2.05) is 18.2 Å². The highest BCUT2D eigenvalue weighted by molar-refractivity contribution is 7.98. The molecule has 0 amide bonds. The smallest absolute Gasteiger partial charge is 0.349 e. The fourth-order valence-corrected chi connectivity index (χ4v) is 4.29. The molecular formula is C16H14O6S2. The summed E-state index contributed by atoms with van der Waals surface area (Å²) in [6, 6.07) is 7.35. The van der Waals surface area contributed by atoms with Crippen molar-refractivity contribution in [3.8, 4) is 11.5 Å². The Hall–Kier alpha value is -2.19. The minimum atomic E-state index is -0.472. The number of carbonyl (C=O) groups is 2. The quantitative estimate of drug-likeness (QED) is 0.594. The van der Waals surface area contributed by atoms with Crippen LogP contribution in [-0.4, -0.2) is 33.0 Å². The Morgan fingerprint density at radius 3 is 2.62 bits per heavy atom. The highest BCUT2D eigenvalue weighted by Gasteiger charge is 2.21. The summed E-state index contributed by atoms with van der Waals surface area (Å²) < 4.78 is 20.1. The predicted octanol–water partition coefficient (Wildman–Crippen LogP) is 3.34. The first-order valence-electron chi connectivity index (χ1n) is 6.94. The summed E-state index contributed by atoms with van der Waals surface area (Å²) in [7, 11) is 2.62. The zero-order valence-corrected chi connectivity index (χ0v) is 14.6. The number of benzene rings is 1. The standard InChI is InChI=1S/C16H14O6S2/c1-19-15(17)13-6-12(14(24-13)16(18)20-2)23-7-9-3-4-10-11(5-9)22-8-21-10/h3-6H,7-8H2,1-2H3. The van der Waals surface area contributed by atoms with E-state index in [4.69, 9.17) is 18.9 Å². The Labute approximate surface area is 146 Å². The average molecular weight is 366 g/mol. The van der Waals surface area contributed by atoms with Crippen LogP contribution < -0.4 is 9.47 Å². The van der Waals surface area contributed by atoms with Gasteiger partial charge in [0.05, 0.1) is 14.2 Å². The van der Waals surface area contributed by atoms with Gasteiger partial charge >= 0.3 is 11.9 Å². The SMILES string of the molecule is COC(=O)c1cc(SCc2ccc3c(c2)OCO3)c(C(=O)OC)s1. The van der Waals surface area contributed by atoms with Crippen molar-refractivity contribution >= 4 is 35.0 Å². The zero-order valence-electron chi connectivity index (χ0n) is 13.0. The number of esters is 2. The van der Waals surface area contributed by atoms with Crippen molar-refractivity contribution in [2.24, 2.45) is 0 Å². The van der Waals surface area contributed by atoms with Gasteiger partial charge in [0.1, 0.15) is 9.75 Å². The molecule has 0 spiro atoms. The summed E-state index contributed by atoms with van der Waals surface area (Å²) in [4.78, 5) is 25.0. The largest absolute Gasteiger partial charge is 0.465 e. The first-order chi connectivity index (χ1) is 11.6. The van der Waals surface area contributed by atoms with Crippen LogP contribution in [0.1, 0.15) is 24.9 Å². The molecule has 24 heavy (non-hydrogen) atoms. The van der Waals surface area contributed by atoms with Crippen molar-refractivity contribution in [1.82, 2.24) is 0 Å². The van der Waals surface area contributed by atoms with Crippen molar-refractivity contribution in [3.05, 3.63) is 39.6 Å². The van der Waals surface area contributed by atoms with E-state index >= 15 is 0 Å². The number of hydrogen-bond acceptors (Lipinski definition) is 8. The first-order valence-corrected chi connectivity index (χ1v) is 8.74. The third-order valence-corrected chi connectivity index (χ3v) is 5.62. The maximum Gasteiger partial charge on any atom is 0.349 e. The van der Waals surface area contributed by atoms with E-state index < -0.39 is 11.9 Å². The molecule has 0 N–H and O–H groups in total. The van der Waals surface area contributed by atoms with E-state index in [9.17, 15) is 9.59 Å². The molecule has 0 atom stereocenters. The number of ether oxygens (including phenoxy) is 4. The van der Waals surface area contributed by atoms with Gasteiger partial charge in [-0.05, 0) is 23.8 Å². The van der Waals surface area contributed by atoms with Crippen LogP contribution in [-0.2, 0) is 15.2 Å². The Kier molecular flexibility index (Phi) is 4.96. The molecule has 3 rings (SSSR count). The van der Waals surface area contributed by atoms with Gasteiger partial charge in [-0.3, -0.25) is 0 Å². The highest BCUT2D eigenvalue weighted by Crippen LogP contribution is 2.37. The Morgan fingerprint density at radius 2 is 1.88 bits per heavy atom. The molecule has 0 unspecified atom stereocenters. The first kappa shape index (κ1) is 16.7. The normalized spacial score (nSPS) is 12.1. The Balaban J connectivity index is 1.79. The third-order valence-electron chi connectivity index (χ3n) is 3.29. The molecule has 0 fully saturated rings. The van der Waals surface area contributed by atoms with Crippen LogP contribution in [0.25, 0.3) is 0 Å². The second kappa shape index (κ2) is 7.14. The number of rotatable bonds is 5. The lowest BCUT2D eigenvalue weighted by atomic mass is 10.2. The topological polar surface area (TPSA) is 71.1 Å². The van der Waals surface area contributed by atoms with E-state index in [-0.39, 0.29) is 6.79 Å². The van der Waals surface area contributed by atoms with Gasteiger partial charge in [0.15, 0.2) is 11.5 Å². The van der Waals surface area contributed by atoms with Gasteiger partial charge < -0.3 is 18.9 Å². The van der Waals surface area contributed by atoms with Gasteiger partial charge in [0.25, 0.3) is 0 Å². The van der Waals surface area contributed by atoms with E-state index in [0.29, 0.717) is 26.2 Å². The van der Waals surface area contributed by atoms with Crippen molar-refractivity contribution in [2.75, 3.05) is 21.0 Å². The minimum Gasteiger partial charge on any atom is -0.465 e. The molecule has 1 aromatic carbocycles. The van der Waals surface area contributed by atoms with Crippen molar-refractivity contribution in [2.45, 2.75) is 10.6 Å². The summed E-state index contributed by atoms with van der Waals surface area (Å²) in [5.74, 6) is 1.10. The second-order valence-corrected chi connectivity index (χ2v) is 6.83. The number of carbonyl (C=O) groups excluding carboxylic acids is 2. The molecule has 0 saturated carbocycles. The predicted molar refractivity (Wildman–Crippen MR) is 89.1 cm³/mol. The molecule has 126 valence electrons. The summed E-state index contributed by atoms with van der Waals surface area (Å²) in [6.45, 7) is 0.228. The maximum atomic E-state index is 11.9. The van der Waals surface area contributed by atoms with E-state index in [1.54, 1.807) is 6.07 Å². The zero-order chi connectivity index (χ0) is 17.1. The van der Waals surface area contributed by atoms with Crippen LogP contribution in [0.15, 0.2) is 29.2 Å². The number of fused-ring (bicyclic) bond motifs is 1. The molecule has 6 nitrogen and oxygen atoms in total. The van der Waals surface area contributed by atoms with Crippen molar-refractivity contribution in [3.63, 3.8) is 0 Å². The number of hydrogen-bond donors (Lipinski definition) is 0. The summed E-state index contributed by atoms with van der Waals surface area (Å²) in [6.07, 6.45) is 0. The van der Waals surface area contributed by atoms with Crippen LogP contribution in [0.4, 0.5) is 0 Å². The molecule has 1 aliphatic rings.